The fraction of sp³-hybridized carbons (Fsp3) is 0.800. The van der Waals surface area contributed by atoms with Gasteiger partial charge in [-0.25, -0.2) is 4.79 Å². The van der Waals surface area contributed by atoms with Crippen molar-refractivity contribution < 1.29 is 9.90 Å². The summed E-state index contributed by atoms with van der Waals surface area (Å²) in [6.45, 7) is 3.99. The van der Waals surface area contributed by atoms with Crippen molar-refractivity contribution in [1.29, 1.82) is 0 Å². The smallest absolute Gasteiger partial charge is 0.429 e. The summed E-state index contributed by atoms with van der Waals surface area (Å²) in [7, 11) is 5.57. The Morgan fingerprint density at radius 1 is 1.25 bits per heavy atom. The summed E-state index contributed by atoms with van der Waals surface area (Å²) < 4.78 is 1.27. The van der Waals surface area contributed by atoms with Gasteiger partial charge in [0.1, 0.15) is 0 Å². The Labute approximate surface area is 88.5 Å². The molecule has 0 saturated carbocycles. The molecule has 0 aliphatic carbocycles. The van der Waals surface area contributed by atoms with E-state index >= 15 is 0 Å². The van der Waals surface area contributed by atoms with Crippen molar-refractivity contribution in [3.63, 3.8) is 0 Å². The minimum Gasteiger partial charge on any atom is -0.464 e. The van der Waals surface area contributed by atoms with Gasteiger partial charge in [0.15, 0.2) is 0 Å². The molecule has 12 heavy (non-hydrogen) atoms. The second-order valence-corrected chi connectivity index (χ2v) is 6.70. The Balaban J connectivity index is 3.62. The predicted molar refractivity (Wildman–Crippen MR) is 61.3 cm³/mol. The maximum Gasteiger partial charge on any atom is 0.429 e. The average molecular weight is 245 g/mol. The van der Waals surface area contributed by atoms with Crippen LogP contribution in [0.1, 0.15) is 13.8 Å². The molecule has 0 aliphatic heterocycles. The summed E-state index contributed by atoms with van der Waals surface area (Å²) in [5.41, 5.74) is 0. The number of hydrogen-bond donors (Lipinski definition) is 1. The van der Waals surface area contributed by atoms with Crippen molar-refractivity contribution in [2.45, 2.75) is 13.8 Å². The number of nitrogens with zero attached hydrogens (tertiary/aromatic N) is 1. The highest BCUT2D eigenvalue weighted by Crippen LogP contribution is 2.37. The van der Waals surface area contributed by atoms with Gasteiger partial charge in [-0.3, -0.25) is 0 Å². The lowest BCUT2D eigenvalue weighted by molar-refractivity contribution is 0.191. The molecule has 0 fully saturated rings. The van der Waals surface area contributed by atoms with Crippen LogP contribution in [-0.2, 0) is 0 Å². The van der Waals surface area contributed by atoms with E-state index in [1.807, 2.05) is 13.8 Å². The molecule has 0 saturated heterocycles. The summed E-state index contributed by atoms with van der Waals surface area (Å²) in [6.07, 6.45) is -0.896. The molecule has 7 heteroatoms. The molecule has 0 bridgehead atoms. The first-order chi connectivity index (χ1) is 5.72. The van der Waals surface area contributed by atoms with E-state index in [0.29, 0.717) is 0 Å². The van der Waals surface area contributed by atoms with Gasteiger partial charge in [-0.1, -0.05) is 35.4 Å². The molecule has 0 heterocycles. The van der Waals surface area contributed by atoms with E-state index < -0.39 is 6.09 Å². The molecule has 0 aromatic heterocycles. The van der Waals surface area contributed by atoms with Crippen LogP contribution in [0.4, 0.5) is 4.79 Å². The second kappa shape index (κ2) is 8.28. The lowest BCUT2D eigenvalue weighted by Gasteiger charge is -2.12. The van der Waals surface area contributed by atoms with Crippen molar-refractivity contribution in [3.8, 4) is 0 Å². The monoisotopic (exact) mass is 245 g/mol. The van der Waals surface area contributed by atoms with Crippen molar-refractivity contribution >= 4 is 49.6 Å². The number of carboxylic acid groups (broad SMARTS) is 1. The van der Waals surface area contributed by atoms with E-state index in [1.165, 1.54) is 47.3 Å². The van der Waals surface area contributed by atoms with Crippen LogP contribution in [-0.4, -0.2) is 26.4 Å². The molecule has 72 valence electrons. The van der Waals surface area contributed by atoms with Gasteiger partial charge in [-0.15, -0.1) is 0 Å². The molecule has 1 N–H and O–H groups in total. The number of rotatable bonds is 6. The zero-order chi connectivity index (χ0) is 9.40. The van der Waals surface area contributed by atoms with E-state index in [9.17, 15) is 4.79 Å². The Kier molecular flexibility index (Phi) is 8.74. The molecule has 0 spiro atoms. The largest absolute Gasteiger partial charge is 0.464 e. The van der Waals surface area contributed by atoms with Gasteiger partial charge < -0.3 is 5.11 Å². The molecule has 0 unspecified atom stereocenters. The Hall–Kier alpha value is 0.670. The topological polar surface area (TPSA) is 40.5 Å². The molecule has 0 aliphatic rings. The van der Waals surface area contributed by atoms with Gasteiger partial charge in [0.2, 0.25) is 0 Å². The molecule has 1 amide bonds. The summed E-state index contributed by atoms with van der Waals surface area (Å²) >= 11 is 0. The van der Waals surface area contributed by atoms with Gasteiger partial charge in [0.05, 0.1) is 0 Å². The van der Waals surface area contributed by atoms with Gasteiger partial charge in [-0.05, 0) is 0 Å². The third kappa shape index (κ3) is 6.22. The predicted octanol–water partition coefficient (Wildman–Crippen LogP) is 3.60. The summed E-state index contributed by atoms with van der Waals surface area (Å²) in [4.78, 5) is 10.6. The van der Waals surface area contributed by atoms with Gasteiger partial charge in [0.25, 0.3) is 0 Å². The van der Waals surface area contributed by atoms with E-state index in [-0.39, 0.29) is 0 Å². The molecule has 0 aromatic rings. The molecular weight excluding hydrogens is 234 g/mol. The highest BCUT2D eigenvalue weighted by Gasteiger charge is 2.13. The second-order valence-electron chi connectivity index (χ2n) is 1.50. The van der Waals surface area contributed by atoms with E-state index in [4.69, 9.17) is 5.11 Å². The maximum atomic E-state index is 10.6. The van der Waals surface area contributed by atoms with Gasteiger partial charge >= 0.3 is 6.09 Å². The van der Waals surface area contributed by atoms with Gasteiger partial charge in [0, 0.05) is 33.5 Å². The first-order valence-corrected chi connectivity index (χ1v) is 7.89. The standard InChI is InChI=1S/C5H11NO2S4/c1-3-9-11-6(5(7)8)12-10-4-2/h3-4H2,1-2H3,(H,7,8). The molecular formula is C5H11NO2S4. The zero-order valence-corrected chi connectivity index (χ0v) is 10.1. The minimum atomic E-state index is -0.896. The van der Waals surface area contributed by atoms with Crippen LogP contribution in [0.3, 0.4) is 0 Å². The molecule has 3 nitrogen and oxygen atoms in total. The summed E-state index contributed by atoms with van der Waals surface area (Å²) in [5, 5.41) is 8.68. The SMILES string of the molecule is CCSSN(SSCC)C(=O)O. The quantitative estimate of drug-likeness (QED) is 0.569. The maximum absolute atomic E-state index is 10.6. The van der Waals surface area contributed by atoms with Crippen molar-refractivity contribution in [3.05, 3.63) is 0 Å². The third-order valence-electron chi connectivity index (χ3n) is 0.633. The van der Waals surface area contributed by atoms with Gasteiger partial charge in [-0.2, -0.15) is 3.71 Å². The van der Waals surface area contributed by atoms with Crippen LogP contribution in [0, 0.1) is 0 Å². The van der Waals surface area contributed by atoms with Crippen LogP contribution >= 0.6 is 43.5 Å². The summed E-state index contributed by atoms with van der Waals surface area (Å²) in [6, 6.07) is 0. The minimum absolute atomic E-state index is 0.896. The van der Waals surface area contributed by atoms with Crippen molar-refractivity contribution in [1.82, 2.24) is 3.71 Å². The molecule has 0 radical (unpaired) electrons. The lowest BCUT2D eigenvalue weighted by Crippen LogP contribution is -2.11. The first kappa shape index (κ1) is 12.7. The van der Waals surface area contributed by atoms with E-state index in [2.05, 4.69) is 0 Å². The number of carbonyl (C=O) groups is 1. The number of hydrogen-bond acceptors (Lipinski definition) is 5. The fourth-order valence-corrected chi connectivity index (χ4v) is 4.17. The molecule has 0 rings (SSSR count). The average Bonchev–Trinajstić information content (AvgIpc) is 2.04. The summed E-state index contributed by atoms with van der Waals surface area (Å²) in [5.74, 6) is 1.82. The highest BCUT2D eigenvalue weighted by atomic mass is 33.1. The molecule has 0 atom stereocenters. The molecule has 0 aromatic carbocycles. The zero-order valence-electron chi connectivity index (χ0n) is 6.85. The van der Waals surface area contributed by atoms with Crippen LogP contribution in [0.5, 0.6) is 0 Å². The van der Waals surface area contributed by atoms with Crippen molar-refractivity contribution in [2.24, 2.45) is 0 Å². The van der Waals surface area contributed by atoms with Crippen LogP contribution < -0.4 is 0 Å². The lowest BCUT2D eigenvalue weighted by atomic mass is 11.0. The van der Waals surface area contributed by atoms with Crippen LogP contribution in [0.2, 0.25) is 0 Å². The van der Waals surface area contributed by atoms with Crippen LogP contribution in [0.25, 0.3) is 0 Å². The highest BCUT2D eigenvalue weighted by molar-refractivity contribution is 8.83. The van der Waals surface area contributed by atoms with Crippen LogP contribution in [0.15, 0.2) is 0 Å². The van der Waals surface area contributed by atoms with E-state index in [1.54, 1.807) is 0 Å². The first-order valence-electron chi connectivity index (χ1n) is 3.34. The Morgan fingerprint density at radius 3 is 1.92 bits per heavy atom. The van der Waals surface area contributed by atoms with E-state index in [0.717, 1.165) is 11.5 Å². The third-order valence-corrected chi connectivity index (χ3v) is 5.85. The number of amides is 1. The fourth-order valence-electron chi connectivity index (χ4n) is 0.277. The Bertz CT molecular complexity index is 127. The van der Waals surface area contributed by atoms with Crippen molar-refractivity contribution in [2.75, 3.05) is 11.5 Å². The normalized spacial score (nSPS) is 9.83. The Morgan fingerprint density at radius 2 is 1.67 bits per heavy atom.